The molecule has 2 aliphatic heterocycles. The zero-order valence-electron chi connectivity index (χ0n) is 37.7. The van der Waals surface area contributed by atoms with Crippen molar-refractivity contribution in [2.45, 2.75) is 62.4 Å². The summed E-state index contributed by atoms with van der Waals surface area (Å²) in [6, 6.07) is 31.9. The Kier molecular flexibility index (Phi) is 15.4. The number of aromatic nitrogens is 2. The number of hydrogen-bond acceptors (Lipinski definition) is 7. The van der Waals surface area contributed by atoms with E-state index in [9.17, 15) is 9.59 Å². The minimum Gasteiger partial charge on any atom is -0.361 e. The third-order valence-corrected chi connectivity index (χ3v) is 14.9. The van der Waals surface area contributed by atoms with Crippen LogP contribution in [-0.4, -0.2) is 134 Å². The van der Waals surface area contributed by atoms with Crippen LogP contribution in [0.3, 0.4) is 0 Å². The number of aryl methyl sites for hydroxylation is 2. The average Bonchev–Trinajstić information content (AvgIpc) is 4.09. The molecule has 2 amide bonds. The average molecular weight is 857 g/mol. The highest BCUT2D eigenvalue weighted by Crippen LogP contribution is 2.40. The SMILES string of the molecule is CN(C)C1(c2cccs2)CCN(CCNC(=O)CCc2c[nH]c3ccccc23)CC1.CN(CCN1CCC(c2ccccc2)(N(C)C)CC1)C(=O)CCc1c[nH]c2ccccc12. The number of nitrogens with one attached hydrogen (secondary N) is 3. The van der Waals surface area contributed by atoms with Crippen LogP contribution in [0, 0.1) is 0 Å². The van der Waals surface area contributed by atoms with Gasteiger partial charge < -0.3 is 30.0 Å². The van der Waals surface area contributed by atoms with Crippen LogP contribution in [0.25, 0.3) is 21.8 Å². The molecule has 2 saturated heterocycles. The molecule has 0 bridgehead atoms. The number of hydrogen-bond donors (Lipinski definition) is 3. The van der Waals surface area contributed by atoms with Crippen LogP contribution in [-0.2, 0) is 33.5 Å². The van der Waals surface area contributed by atoms with Gasteiger partial charge in [0.1, 0.15) is 0 Å². The Hall–Kier alpha value is -4.78. The number of amides is 2. The summed E-state index contributed by atoms with van der Waals surface area (Å²) in [7, 11) is 10.7. The summed E-state index contributed by atoms with van der Waals surface area (Å²) in [5.41, 5.74) is 6.39. The molecule has 3 N–H and O–H groups in total. The van der Waals surface area contributed by atoms with Crippen molar-refractivity contribution in [3.8, 4) is 0 Å². The number of rotatable bonds is 16. The van der Waals surface area contributed by atoms with Crippen molar-refractivity contribution >= 4 is 45.0 Å². The Balaban J connectivity index is 0.000000187. The topological polar surface area (TPSA) is 93.9 Å². The number of carbonyl (C=O) groups excluding carboxylic acids is 2. The molecule has 0 aliphatic carbocycles. The number of benzene rings is 3. The number of fused-ring (bicyclic) bond motifs is 2. The van der Waals surface area contributed by atoms with Gasteiger partial charge in [-0.3, -0.25) is 19.4 Å². The van der Waals surface area contributed by atoms with Gasteiger partial charge in [0.05, 0.1) is 5.54 Å². The zero-order chi connectivity index (χ0) is 43.5. The minimum absolute atomic E-state index is 0.110. The van der Waals surface area contributed by atoms with E-state index < -0.39 is 0 Å². The number of thiophene rings is 1. The molecule has 0 spiro atoms. The van der Waals surface area contributed by atoms with Crippen LogP contribution in [0.1, 0.15) is 60.1 Å². The third-order valence-electron chi connectivity index (χ3n) is 13.9. The Labute approximate surface area is 373 Å². The lowest BCUT2D eigenvalue weighted by Gasteiger charge is -2.47. The summed E-state index contributed by atoms with van der Waals surface area (Å²) in [6.07, 6.45) is 11.2. The molecule has 10 nitrogen and oxygen atoms in total. The number of piperidine rings is 2. The van der Waals surface area contributed by atoms with Crippen molar-refractivity contribution in [1.29, 1.82) is 0 Å². The van der Waals surface area contributed by atoms with Gasteiger partial charge in [-0.1, -0.05) is 72.8 Å². The molecule has 6 aromatic rings. The quantitative estimate of drug-likeness (QED) is 0.0916. The van der Waals surface area contributed by atoms with E-state index in [1.807, 2.05) is 53.9 Å². The minimum atomic E-state index is 0.110. The molecule has 0 unspecified atom stereocenters. The first-order valence-electron chi connectivity index (χ1n) is 22.6. The smallest absolute Gasteiger partial charge is 0.222 e. The van der Waals surface area contributed by atoms with E-state index in [0.717, 1.165) is 102 Å². The van der Waals surface area contributed by atoms with Gasteiger partial charge in [0.2, 0.25) is 11.8 Å². The van der Waals surface area contributed by atoms with Gasteiger partial charge in [-0.2, -0.15) is 0 Å². The second-order valence-corrected chi connectivity index (χ2v) is 18.7. The molecule has 3 aromatic carbocycles. The first kappa shape index (κ1) is 45.3. The summed E-state index contributed by atoms with van der Waals surface area (Å²) in [5.74, 6) is 0.359. The monoisotopic (exact) mass is 857 g/mol. The number of para-hydroxylation sites is 2. The Morgan fingerprint density at radius 2 is 1.18 bits per heavy atom. The Bertz CT molecular complexity index is 2300. The molecule has 0 saturated carbocycles. The van der Waals surface area contributed by atoms with Crippen LogP contribution in [0.2, 0.25) is 0 Å². The maximum atomic E-state index is 12.7. The molecule has 330 valence electrons. The zero-order valence-corrected chi connectivity index (χ0v) is 38.5. The van der Waals surface area contributed by atoms with E-state index in [4.69, 9.17) is 0 Å². The van der Waals surface area contributed by atoms with Gasteiger partial charge in [-0.25, -0.2) is 0 Å². The molecule has 8 rings (SSSR count). The molecule has 3 aromatic heterocycles. The third kappa shape index (κ3) is 10.7. The fourth-order valence-electron chi connectivity index (χ4n) is 9.71. The van der Waals surface area contributed by atoms with E-state index in [0.29, 0.717) is 12.8 Å². The normalized spacial score (nSPS) is 16.7. The number of carbonyl (C=O) groups is 2. The van der Waals surface area contributed by atoms with E-state index in [1.165, 1.54) is 32.3 Å². The lowest BCUT2D eigenvalue weighted by molar-refractivity contribution is -0.130. The standard InChI is InChI=1S/C27H36N4O.C24H32N4OS/c1-29(2)27(23-9-5-4-6-10-23)15-17-31(18-16-27)20-19-30(3)26(32)14-13-22-21-28-25-12-8-7-11-24(22)25;1-27(2)24(22-8-5-17-30-22)11-14-28(15-12-24)16-13-25-23(29)10-9-19-18-26-21-7-4-3-6-20(19)21/h4-12,21,28H,13-20H2,1-3H3;3-8,17-18,26H,9-16H2,1-2H3,(H,25,29). The summed E-state index contributed by atoms with van der Waals surface area (Å²) < 4.78 is 0. The number of aromatic amines is 2. The number of likely N-dealkylation sites (N-methyl/N-ethyl adjacent to an activating group) is 1. The molecule has 0 atom stereocenters. The van der Waals surface area contributed by atoms with Crippen molar-refractivity contribution in [3.63, 3.8) is 0 Å². The van der Waals surface area contributed by atoms with E-state index in [1.54, 1.807) is 0 Å². The van der Waals surface area contributed by atoms with Crippen LogP contribution >= 0.6 is 11.3 Å². The highest BCUT2D eigenvalue weighted by Gasteiger charge is 2.39. The van der Waals surface area contributed by atoms with Gasteiger partial charge >= 0.3 is 0 Å². The van der Waals surface area contributed by atoms with Crippen molar-refractivity contribution in [3.05, 3.63) is 130 Å². The van der Waals surface area contributed by atoms with Crippen molar-refractivity contribution in [1.82, 2.24) is 39.8 Å². The second kappa shape index (κ2) is 21.1. The molecular weight excluding hydrogens is 789 g/mol. The van der Waals surface area contributed by atoms with Gasteiger partial charge in [-0.15, -0.1) is 11.3 Å². The molecule has 0 radical (unpaired) electrons. The fraction of sp³-hybridized carbons (Fsp3) is 0.451. The molecule has 62 heavy (non-hydrogen) atoms. The predicted molar refractivity (Wildman–Crippen MR) is 257 cm³/mol. The number of nitrogens with zero attached hydrogens (tertiary/aromatic N) is 5. The van der Waals surface area contributed by atoms with Crippen LogP contribution in [0.15, 0.2) is 109 Å². The lowest BCUT2D eigenvalue weighted by atomic mass is 9.80. The fourth-order valence-corrected chi connectivity index (χ4v) is 10.8. The van der Waals surface area contributed by atoms with Crippen LogP contribution in [0.4, 0.5) is 0 Å². The predicted octanol–water partition coefficient (Wildman–Crippen LogP) is 7.94. The Morgan fingerprint density at radius 1 is 0.645 bits per heavy atom. The largest absolute Gasteiger partial charge is 0.361 e. The maximum Gasteiger partial charge on any atom is 0.222 e. The lowest BCUT2D eigenvalue weighted by Crippen LogP contribution is -2.51. The summed E-state index contributed by atoms with van der Waals surface area (Å²) in [6.45, 7) is 7.63. The number of likely N-dealkylation sites (tertiary alicyclic amines) is 2. The van der Waals surface area contributed by atoms with Gasteiger partial charge in [-0.05, 0) is 107 Å². The second-order valence-electron chi connectivity index (χ2n) is 17.8. The molecular formula is C51H68N8O2S. The van der Waals surface area contributed by atoms with E-state index in [-0.39, 0.29) is 22.9 Å². The molecule has 5 heterocycles. The number of H-pyrrole nitrogens is 2. The van der Waals surface area contributed by atoms with E-state index >= 15 is 0 Å². The first-order valence-corrected chi connectivity index (χ1v) is 23.5. The van der Waals surface area contributed by atoms with Crippen LogP contribution in [0.5, 0.6) is 0 Å². The van der Waals surface area contributed by atoms with Crippen LogP contribution < -0.4 is 5.32 Å². The van der Waals surface area contributed by atoms with Gasteiger partial charge in [0.25, 0.3) is 0 Å². The highest BCUT2D eigenvalue weighted by atomic mass is 32.1. The highest BCUT2D eigenvalue weighted by molar-refractivity contribution is 7.10. The summed E-state index contributed by atoms with van der Waals surface area (Å²) in [4.78, 5) is 44.8. The van der Waals surface area contributed by atoms with E-state index in [2.05, 4.69) is 141 Å². The van der Waals surface area contributed by atoms with Crippen molar-refractivity contribution in [2.75, 3.05) is 87.6 Å². The summed E-state index contributed by atoms with van der Waals surface area (Å²) in [5, 5.41) is 7.73. The summed E-state index contributed by atoms with van der Waals surface area (Å²) >= 11 is 1.87. The van der Waals surface area contributed by atoms with Crippen molar-refractivity contribution in [2.24, 2.45) is 0 Å². The first-order chi connectivity index (χ1) is 30.1. The maximum absolute atomic E-state index is 12.7. The molecule has 11 heteroatoms. The van der Waals surface area contributed by atoms with Crippen molar-refractivity contribution < 1.29 is 9.59 Å². The molecule has 2 fully saturated rings. The molecule has 2 aliphatic rings. The Morgan fingerprint density at radius 3 is 1.74 bits per heavy atom. The van der Waals surface area contributed by atoms with Gasteiger partial charge in [0.15, 0.2) is 0 Å². The van der Waals surface area contributed by atoms with Gasteiger partial charge in [0, 0.05) is 117 Å².